The SMILES string of the molecule is Cc1c(C(=O)N(C)CC2CCCC2O)c(=O)[nH]c2ccccc12. The summed E-state index contributed by atoms with van der Waals surface area (Å²) in [5.41, 5.74) is 1.28. The van der Waals surface area contributed by atoms with Gasteiger partial charge in [-0.2, -0.15) is 0 Å². The fourth-order valence-corrected chi connectivity index (χ4v) is 3.52. The van der Waals surface area contributed by atoms with Crippen molar-refractivity contribution in [3.05, 3.63) is 45.7 Å². The summed E-state index contributed by atoms with van der Waals surface area (Å²) in [6.45, 7) is 2.29. The number of amides is 1. The molecule has 1 aromatic carbocycles. The molecule has 1 aliphatic rings. The molecule has 2 aromatic rings. The zero-order valence-electron chi connectivity index (χ0n) is 13.5. The summed E-state index contributed by atoms with van der Waals surface area (Å²) >= 11 is 0. The molecule has 2 atom stereocenters. The van der Waals surface area contributed by atoms with Gasteiger partial charge >= 0.3 is 0 Å². The standard InChI is InChI=1S/C18H22N2O3/c1-11-13-7-3-4-8-14(13)19-17(22)16(11)18(23)20(2)10-12-6-5-9-15(12)21/h3-4,7-8,12,15,21H,5-6,9-10H2,1-2H3,(H,19,22). The van der Waals surface area contributed by atoms with Crippen LogP contribution < -0.4 is 5.56 Å². The van der Waals surface area contributed by atoms with Gasteiger partial charge in [-0.3, -0.25) is 9.59 Å². The molecule has 1 fully saturated rings. The average Bonchev–Trinajstić information content (AvgIpc) is 2.92. The third kappa shape index (κ3) is 2.88. The Labute approximate surface area is 134 Å². The van der Waals surface area contributed by atoms with Gasteiger partial charge in [0.2, 0.25) is 0 Å². The van der Waals surface area contributed by atoms with Gasteiger partial charge in [-0.1, -0.05) is 24.6 Å². The zero-order valence-corrected chi connectivity index (χ0v) is 13.5. The van der Waals surface area contributed by atoms with Crippen molar-refractivity contribution < 1.29 is 9.90 Å². The van der Waals surface area contributed by atoms with Crippen LogP contribution in [-0.4, -0.2) is 40.6 Å². The van der Waals surface area contributed by atoms with E-state index in [0.717, 1.165) is 30.2 Å². The maximum absolute atomic E-state index is 12.7. The Kier molecular flexibility index (Phi) is 4.22. The van der Waals surface area contributed by atoms with E-state index < -0.39 is 0 Å². The van der Waals surface area contributed by atoms with Crippen LogP contribution in [-0.2, 0) is 0 Å². The molecular formula is C18H22N2O3. The number of aliphatic hydroxyl groups is 1. The number of nitrogens with one attached hydrogen (secondary N) is 1. The molecule has 0 saturated heterocycles. The molecule has 23 heavy (non-hydrogen) atoms. The Hall–Kier alpha value is -2.14. The number of carbonyl (C=O) groups excluding carboxylic acids is 1. The van der Waals surface area contributed by atoms with E-state index in [-0.39, 0.29) is 29.1 Å². The van der Waals surface area contributed by atoms with Gasteiger partial charge in [0.25, 0.3) is 11.5 Å². The third-order valence-electron chi connectivity index (χ3n) is 4.87. The summed E-state index contributed by atoms with van der Waals surface area (Å²) in [6.07, 6.45) is 2.36. The third-order valence-corrected chi connectivity index (χ3v) is 4.87. The van der Waals surface area contributed by atoms with Crippen molar-refractivity contribution in [3.8, 4) is 0 Å². The van der Waals surface area contributed by atoms with Crippen LogP contribution in [0.1, 0.15) is 35.2 Å². The van der Waals surface area contributed by atoms with Crippen molar-refractivity contribution in [2.24, 2.45) is 5.92 Å². The molecule has 3 rings (SSSR count). The normalized spacial score (nSPS) is 20.8. The molecule has 1 heterocycles. The fraction of sp³-hybridized carbons (Fsp3) is 0.444. The van der Waals surface area contributed by atoms with Crippen LogP contribution in [0.2, 0.25) is 0 Å². The number of pyridine rings is 1. The molecule has 1 aromatic heterocycles. The summed E-state index contributed by atoms with van der Waals surface area (Å²) in [5.74, 6) is -0.183. The average molecular weight is 314 g/mol. The second-order valence-electron chi connectivity index (χ2n) is 6.44. The van der Waals surface area contributed by atoms with Gasteiger partial charge in [-0.25, -0.2) is 0 Å². The molecule has 1 saturated carbocycles. The van der Waals surface area contributed by atoms with E-state index in [4.69, 9.17) is 0 Å². The van der Waals surface area contributed by atoms with Crippen LogP contribution in [0.5, 0.6) is 0 Å². The molecule has 5 nitrogen and oxygen atoms in total. The van der Waals surface area contributed by atoms with Crippen molar-refractivity contribution in [1.82, 2.24) is 9.88 Å². The van der Waals surface area contributed by atoms with Crippen molar-refractivity contribution in [2.75, 3.05) is 13.6 Å². The number of H-pyrrole nitrogens is 1. The highest BCUT2D eigenvalue weighted by Crippen LogP contribution is 2.26. The number of para-hydroxylation sites is 1. The van der Waals surface area contributed by atoms with Gasteiger partial charge in [0.1, 0.15) is 5.56 Å². The topological polar surface area (TPSA) is 73.4 Å². The van der Waals surface area contributed by atoms with Crippen molar-refractivity contribution in [3.63, 3.8) is 0 Å². The van der Waals surface area contributed by atoms with Crippen molar-refractivity contribution in [1.29, 1.82) is 0 Å². The monoisotopic (exact) mass is 314 g/mol. The molecule has 0 radical (unpaired) electrons. The number of aryl methyl sites for hydroxylation is 1. The van der Waals surface area contributed by atoms with Crippen LogP contribution in [0.3, 0.4) is 0 Å². The highest BCUT2D eigenvalue weighted by molar-refractivity contribution is 5.99. The lowest BCUT2D eigenvalue weighted by Crippen LogP contribution is -2.37. The highest BCUT2D eigenvalue weighted by atomic mass is 16.3. The van der Waals surface area contributed by atoms with Gasteiger partial charge < -0.3 is 15.0 Å². The summed E-state index contributed by atoms with van der Waals surface area (Å²) < 4.78 is 0. The van der Waals surface area contributed by atoms with E-state index in [1.807, 2.05) is 31.2 Å². The van der Waals surface area contributed by atoms with Gasteiger partial charge in [0.15, 0.2) is 0 Å². The number of benzene rings is 1. The maximum atomic E-state index is 12.7. The second kappa shape index (κ2) is 6.16. The van der Waals surface area contributed by atoms with Crippen molar-refractivity contribution in [2.45, 2.75) is 32.3 Å². The van der Waals surface area contributed by atoms with Gasteiger partial charge in [-0.05, 0) is 31.4 Å². The van der Waals surface area contributed by atoms with Crippen LogP contribution in [0.4, 0.5) is 0 Å². The summed E-state index contributed by atoms with van der Waals surface area (Å²) in [4.78, 5) is 29.4. The highest BCUT2D eigenvalue weighted by Gasteiger charge is 2.29. The largest absolute Gasteiger partial charge is 0.393 e. The molecule has 5 heteroatoms. The summed E-state index contributed by atoms with van der Waals surface area (Å²) in [7, 11) is 1.70. The molecule has 1 aliphatic carbocycles. The number of aliphatic hydroxyl groups excluding tert-OH is 1. The number of hydrogen-bond acceptors (Lipinski definition) is 3. The van der Waals surface area contributed by atoms with Crippen molar-refractivity contribution >= 4 is 16.8 Å². The molecular weight excluding hydrogens is 292 g/mol. The van der Waals surface area contributed by atoms with E-state index in [9.17, 15) is 14.7 Å². The predicted molar refractivity (Wildman–Crippen MR) is 89.6 cm³/mol. The number of hydrogen-bond donors (Lipinski definition) is 2. The Morgan fingerprint density at radius 3 is 2.78 bits per heavy atom. The minimum Gasteiger partial charge on any atom is -0.393 e. The minimum absolute atomic E-state index is 0.101. The first-order chi connectivity index (χ1) is 11.0. The van der Waals surface area contributed by atoms with Crippen LogP contribution in [0.15, 0.2) is 29.1 Å². The van der Waals surface area contributed by atoms with E-state index in [0.29, 0.717) is 12.1 Å². The van der Waals surface area contributed by atoms with Gasteiger partial charge in [-0.15, -0.1) is 0 Å². The molecule has 1 amide bonds. The Bertz CT molecular complexity index is 796. The van der Waals surface area contributed by atoms with E-state index >= 15 is 0 Å². The van der Waals surface area contributed by atoms with E-state index in [2.05, 4.69) is 4.98 Å². The second-order valence-corrected chi connectivity index (χ2v) is 6.44. The van der Waals surface area contributed by atoms with E-state index in [1.165, 1.54) is 0 Å². The molecule has 2 unspecified atom stereocenters. The Morgan fingerprint density at radius 1 is 1.35 bits per heavy atom. The smallest absolute Gasteiger partial charge is 0.261 e. The first-order valence-electron chi connectivity index (χ1n) is 8.04. The first-order valence-corrected chi connectivity index (χ1v) is 8.04. The number of rotatable bonds is 3. The minimum atomic E-state index is -0.356. The molecule has 0 spiro atoms. The quantitative estimate of drug-likeness (QED) is 0.911. The van der Waals surface area contributed by atoms with Crippen LogP contribution in [0.25, 0.3) is 10.9 Å². The van der Waals surface area contributed by atoms with Crippen LogP contribution in [0, 0.1) is 12.8 Å². The predicted octanol–water partition coefficient (Wildman–Crippen LogP) is 2.07. The van der Waals surface area contributed by atoms with Gasteiger partial charge in [0.05, 0.1) is 6.10 Å². The number of fused-ring (bicyclic) bond motifs is 1. The molecule has 0 aliphatic heterocycles. The lowest BCUT2D eigenvalue weighted by molar-refractivity contribution is 0.0691. The lowest BCUT2D eigenvalue weighted by atomic mass is 10.0. The van der Waals surface area contributed by atoms with E-state index in [1.54, 1.807) is 11.9 Å². The number of nitrogens with zero attached hydrogens (tertiary/aromatic N) is 1. The molecule has 2 N–H and O–H groups in total. The zero-order chi connectivity index (χ0) is 16.6. The number of carbonyl (C=O) groups is 1. The summed E-state index contributed by atoms with van der Waals surface area (Å²) in [5, 5.41) is 10.8. The Balaban J connectivity index is 1.92. The fourth-order valence-electron chi connectivity index (χ4n) is 3.52. The maximum Gasteiger partial charge on any atom is 0.261 e. The first kappa shape index (κ1) is 15.7. The summed E-state index contributed by atoms with van der Waals surface area (Å²) in [6, 6.07) is 7.47. The van der Waals surface area contributed by atoms with Gasteiger partial charge in [0, 0.05) is 30.4 Å². The van der Waals surface area contributed by atoms with Crippen LogP contribution >= 0.6 is 0 Å². The molecule has 0 bridgehead atoms. The Morgan fingerprint density at radius 2 is 2.09 bits per heavy atom. The number of aromatic nitrogens is 1. The molecule has 122 valence electrons. The number of aromatic amines is 1. The lowest BCUT2D eigenvalue weighted by Gasteiger charge is -2.23.